The van der Waals surface area contributed by atoms with Crippen molar-refractivity contribution in [2.45, 2.75) is 32.6 Å². The molecule has 0 unspecified atom stereocenters. The number of nitrogens with zero attached hydrogens (tertiary/aromatic N) is 2. The van der Waals surface area contributed by atoms with E-state index in [1.807, 2.05) is 6.92 Å². The second-order valence-corrected chi connectivity index (χ2v) is 4.20. The number of aromatic nitrogens is 2. The number of aryl methyl sites for hydroxylation is 1. The van der Waals surface area contributed by atoms with Crippen LogP contribution in [-0.2, 0) is 0 Å². The van der Waals surface area contributed by atoms with Crippen molar-refractivity contribution < 1.29 is 0 Å². The molecule has 0 bridgehead atoms. The first-order valence-electron chi connectivity index (χ1n) is 5.50. The lowest BCUT2D eigenvalue weighted by molar-refractivity contribution is 0.451. The largest absolute Gasteiger partial charge is 0.368 e. The SMILES string of the molecule is Cc1nc(N)nc(C2CCNCC2)c1C. The summed E-state index contributed by atoms with van der Waals surface area (Å²) in [6, 6.07) is 0. The summed E-state index contributed by atoms with van der Waals surface area (Å²) >= 11 is 0. The molecule has 0 spiro atoms. The highest BCUT2D eigenvalue weighted by atomic mass is 15.0. The van der Waals surface area contributed by atoms with Gasteiger partial charge in [0.15, 0.2) is 0 Å². The lowest BCUT2D eigenvalue weighted by Crippen LogP contribution is -2.27. The molecular formula is C11H18N4. The fourth-order valence-electron chi connectivity index (χ4n) is 2.17. The molecule has 1 aliphatic rings. The van der Waals surface area contributed by atoms with Crippen molar-refractivity contribution in [3.8, 4) is 0 Å². The van der Waals surface area contributed by atoms with Gasteiger partial charge in [-0.15, -0.1) is 0 Å². The monoisotopic (exact) mass is 206 g/mol. The molecule has 1 saturated heterocycles. The highest BCUT2D eigenvalue weighted by Gasteiger charge is 2.19. The van der Waals surface area contributed by atoms with Gasteiger partial charge >= 0.3 is 0 Å². The average molecular weight is 206 g/mol. The van der Waals surface area contributed by atoms with E-state index in [0.717, 1.165) is 37.3 Å². The molecule has 15 heavy (non-hydrogen) atoms. The van der Waals surface area contributed by atoms with Crippen molar-refractivity contribution >= 4 is 5.95 Å². The predicted octanol–water partition coefficient (Wildman–Crippen LogP) is 1.14. The lowest BCUT2D eigenvalue weighted by atomic mass is 9.91. The molecule has 0 amide bonds. The van der Waals surface area contributed by atoms with E-state index in [1.54, 1.807) is 0 Å². The Morgan fingerprint density at radius 3 is 2.53 bits per heavy atom. The predicted molar refractivity (Wildman–Crippen MR) is 60.8 cm³/mol. The minimum Gasteiger partial charge on any atom is -0.368 e. The van der Waals surface area contributed by atoms with Crippen LogP contribution in [0, 0.1) is 13.8 Å². The van der Waals surface area contributed by atoms with E-state index in [1.165, 1.54) is 5.56 Å². The van der Waals surface area contributed by atoms with Crippen LogP contribution >= 0.6 is 0 Å². The van der Waals surface area contributed by atoms with Gasteiger partial charge in [0.25, 0.3) is 0 Å². The zero-order chi connectivity index (χ0) is 10.8. The van der Waals surface area contributed by atoms with Crippen molar-refractivity contribution in [2.75, 3.05) is 18.8 Å². The summed E-state index contributed by atoms with van der Waals surface area (Å²) in [4.78, 5) is 8.58. The molecule has 1 fully saturated rings. The van der Waals surface area contributed by atoms with E-state index in [4.69, 9.17) is 5.73 Å². The van der Waals surface area contributed by atoms with E-state index < -0.39 is 0 Å². The maximum atomic E-state index is 5.70. The third-order valence-electron chi connectivity index (χ3n) is 3.17. The molecule has 1 aromatic rings. The second kappa shape index (κ2) is 4.14. The highest BCUT2D eigenvalue weighted by molar-refractivity contribution is 5.32. The molecule has 0 aromatic carbocycles. The molecule has 0 saturated carbocycles. The third-order valence-corrected chi connectivity index (χ3v) is 3.17. The molecule has 4 nitrogen and oxygen atoms in total. The second-order valence-electron chi connectivity index (χ2n) is 4.20. The summed E-state index contributed by atoms with van der Waals surface area (Å²) in [5.74, 6) is 0.960. The molecule has 3 N–H and O–H groups in total. The number of rotatable bonds is 1. The van der Waals surface area contributed by atoms with Crippen molar-refractivity contribution in [1.82, 2.24) is 15.3 Å². The van der Waals surface area contributed by atoms with Gasteiger partial charge < -0.3 is 11.1 Å². The quantitative estimate of drug-likeness (QED) is 0.723. The van der Waals surface area contributed by atoms with E-state index in [0.29, 0.717) is 11.9 Å². The van der Waals surface area contributed by atoms with Gasteiger partial charge in [0.2, 0.25) is 5.95 Å². The fourth-order valence-corrected chi connectivity index (χ4v) is 2.17. The molecule has 1 aromatic heterocycles. The van der Waals surface area contributed by atoms with Crippen LogP contribution in [0.4, 0.5) is 5.95 Å². The lowest BCUT2D eigenvalue weighted by Gasteiger charge is -2.24. The van der Waals surface area contributed by atoms with Crippen LogP contribution in [0.25, 0.3) is 0 Å². The molecule has 2 rings (SSSR count). The van der Waals surface area contributed by atoms with Crippen LogP contribution in [-0.4, -0.2) is 23.1 Å². The van der Waals surface area contributed by atoms with Gasteiger partial charge in [0, 0.05) is 11.6 Å². The van der Waals surface area contributed by atoms with Crippen molar-refractivity contribution in [1.29, 1.82) is 0 Å². The minimum atomic E-state index is 0.409. The van der Waals surface area contributed by atoms with E-state index in [9.17, 15) is 0 Å². The first-order chi connectivity index (χ1) is 7.18. The Kier molecular flexibility index (Phi) is 2.86. The van der Waals surface area contributed by atoms with E-state index in [2.05, 4.69) is 22.2 Å². The summed E-state index contributed by atoms with van der Waals surface area (Å²) in [5, 5.41) is 3.36. The van der Waals surface area contributed by atoms with Gasteiger partial charge in [-0.2, -0.15) is 0 Å². The summed E-state index contributed by atoms with van der Waals surface area (Å²) in [5.41, 5.74) is 9.07. The standard InChI is InChI=1S/C11H18N4/c1-7-8(2)14-11(12)15-10(7)9-3-5-13-6-4-9/h9,13H,3-6H2,1-2H3,(H2,12,14,15). The van der Waals surface area contributed by atoms with Gasteiger partial charge in [-0.3, -0.25) is 0 Å². The number of anilines is 1. The first-order valence-corrected chi connectivity index (χ1v) is 5.50. The maximum absolute atomic E-state index is 5.70. The number of nitrogens with two attached hydrogens (primary N) is 1. The molecule has 0 aliphatic carbocycles. The molecular weight excluding hydrogens is 188 g/mol. The molecule has 82 valence electrons. The Labute approximate surface area is 90.3 Å². The van der Waals surface area contributed by atoms with Crippen LogP contribution < -0.4 is 11.1 Å². The Balaban J connectivity index is 2.33. The summed E-state index contributed by atoms with van der Waals surface area (Å²) < 4.78 is 0. The van der Waals surface area contributed by atoms with E-state index >= 15 is 0 Å². The molecule has 2 heterocycles. The normalized spacial score (nSPS) is 18.0. The Morgan fingerprint density at radius 1 is 1.20 bits per heavy atom. The van der Waals surface area contributed by atoms with Crippen LogP contribution in [0.3, 0.4) is 0 Å². The molecule has 1 aliphatic heterocycles. The summed E-state index contributed by atoms with van der Waals surface area (Å²) in [6.45, 7) is 6.24. The van der Waals surface area contributed by atoms with Gasteiger partial charge in [0.05, 0.1) is 5.69 Å². The zero-order valence-corrected chi connectivity index (χ0v) is 9.38. The van der Waals surface area contributed by atoms with Gasteiger partial charge in [-0.05, 0) is 45.3 Å². The number of hydrogen-bond donors (Lipinski definition) is 2. The van der Waals surface area contributed by atoms with Crippen molar-refractivity contribution in [3.63, 3.8) is 0 Å². The van der Waals surface area contributed by atoms with Crippen LogP contribution in [0.1, 0.15) is 35.7 Å². The zero-order valence-electron chi connectivity index (χ0n) is 9.38. The highest BCUT2D eigenvalue weighted by Crippen LogP contribution is 2.27. The Bertz CT molecular complexity index is 356. The van der Waals surface area contributed by atoms with Gasteiger partial charge in [0.1, 0.15) is 0 Å². The fraction of sp³-hybridized carbons (Fsp3) is 0.636. The maximum Gasteiger partial charge on any atom is 0.220 e. The molecule has 4 heteroatoms. The number of hydrogen-bond acceptors (Lipinski definition) is 4. The van der Waals surface area contributed by atoms with Crippen molar-refractivity contribution in [3.05, 3.63) is 17.0 Å². The van der Waals surface area contributed by atoms with Crippen molar-refractivity contribution in [2.24, 2.45) is 0 Å². The van der Waals surface area contributed by atoms with Crippen LogP contribution in [0.15, 0.2) is 0 Å². The summed E-state index contributed by atoms with van der Waals surface area (Å²) in [7, 11) is 0. The third kappa shape index (κ3) is 2.09. The number of nitrogen functional groups attached to an aromatic ring is 1. The smallest absolute Gasteiger partial charge is 0.220 e. The minimum absolute atomic E-state index is 0.409. The van der Waals surface area contributed by atoms with E-state index in [-0.39, 0.29) is 0 Å². The van der Waals surface area contributed by atoms with Crippen LogP contribution in [0.5, 0.6) is 0 Å². The van der Waals surface area contributed by atoms with Crippen LogP contribution in [0.2, 0.25) is 0 Å². The number of nitrogens with one attached hydrogen (secondary N) is 1. The topological polar surface area (TPSA) is 63.8 Å². The Hall–Kier alpha value is -1.16. The summed E-state index contributed by atoms with van der Waals surface area (Å²) in [6.07, 6.45) is 2.30. The number of piperidine rings is 1. The average Bonchev–Trinajstić information content (AvgIpc) is 2.24. The first kappa shape index (κ1) is 10.4. The molecule has 0 atom stereocenters. The van der Waals surface area contributed by atoms with Gasteiger partial charge in [-0.1, -0.05) is 0 Å². The van der Waals surface area contributed by atoms with Gasteiger partial charge in [-0.25, -0.2) is 9.97 Å². The Morgan fingerprint density at radius 2 is 1.87 bits per heavy atom. The molecule has 0 radical (unpaired) electrons.